The normalized spacial score (nSPS) is 18.4. The number of ether oxygens (including phenoxy) is 1. The van der Waals surface area contributed by atoms with Gasteiger partial charge in [-0.05, 0) is 25.0 Å². The number of nitrogens with one attached hydrogen (secondary N) is 1. The van der Waals surface area contributed by atoms with Crippen molar-refractivity contribution in [3.63, 3.8) is 0 Å². The third-order valence-electron chi connectivity index (χ3n) is 3.92. The van der Waals surface area contributed by atoms with Crippen molar-refractivity contribution in [2.24, 2.45) is 5.92 Å². The van der Waals surface area contributed by atoms with Crippen molar-refractivity contribution in [3.8, 4) is 5.75 Å². The third-order valence-corrected chi connectivity index (χ3v) is 5.10. The summed E-state index contributed by atoms with van der Waals surface area (Å²) in [7, 11) is -3.32. The molecule has 21 heavy (non-hydrogen) atoms. The zero-order valence-corrected chi connectivity index (χ0v) is 12.6. The van der Waals surface area contributed by atoms with Crippen LogP contribution in [0, 0.1) is 5.92 Å². The standard InChI is InChI=1S/C14H18N2O4S/c1-21(18,19)16-7-8-20-13-9-11(5-6-12(13)16)15-14(17)10-3-2-4-10/h5-6,9-10H,2-4,7-8H2,1H3,(H,15,17). The molecule has 3 rings (SSSR count). The molecular weight excluding hydrogens is 292 g/mol. The molecule has 114 valence electrons. The molecule has 7 heteroatoms. The number of anilines is 2. The average Bonchev–Trinajstić information content (AvgIpc) is 2.34. The molecule has 0 atom stereocenters. The van der Waals surface area contributed by atoms with Gasteiger partial charge in [-0.15, -0.1) is 0 Å². The molecule has 0 spiro atoms. The van der Waals surface area contributed by atoms with E-state index in [-0.39, 0.29) is 11.8 Å². The molecule has 1 N–H and O–H groups in total. The first-order valence-electron chi connectivity index (χ1n) is 7.00. The molecule has 0 aromatic heterocycles. The van der Waals surface area contributed by atoms with E-state index in [2.05, 4.69) is 5.32 Å². The quantitative estimate of drug-likeness (QED) is 0.920. The maximum Gasteiger partial charge on any atom is 0.232 e. The Labute approximate surface area is 124 Å². The van der Waals surface area contributed by atoms with Crippen LogP contribution in [0.25, 0.3) is 0 Å². The van der Waals surface area contributed by atoms with Crippen molar-refractivity contribution < 1.29 is 17.9 Å². The van der Waals surface area contributed by atoms with Gasteiger partial charge in [-0.3, -0.25) is 9.10 Å². The summed E-state index contributed by atoms with van der Waals surface area (Å²) in [6.45, 7) is 0.611. The number of carbonyl (C=O) groups excluding carboxylic acids is 1. The van der Waals surface area contributed by atoms with Crippen molar-refractivity contribution in [1.29, 1.82) is 0 Å². The molecular formula is C14H18N2O4S. The summed E-state index contributed by atoms with van der Waals surface area (Å²) in [6, 6.07) is 5.07. The number of nitrogens with zero attached hydrogens (tertiary/aromatic N) is 1. The maximum atomic E-state index is 11.9. The van der Waals surface area contributed by atoms with Crippen molar-refractivity contribution in [1.82, 2.24) is 0 Å². The number of benzene rings is 1. The van der Waals surface area contributed by atoms with Crippen LogP contribution in [0.15, 0.2) is 18.2 Å². The number of amides is 1. The first-order chi connectivity index (χ1) is 9.95. The van der Waals surface area contributed by atoms with E-state index in [0.29, 0.717) is 30.3 Å². The van der Waals surface area contributed by atoms with E-state index >= 15 is 0 Å². The summed E-state index contributed by atoms with van der Waals surface area (Å²) in [4.78, 5) is 11.9. The fraction of sp³-hybridized carbons (Fsp3) is 0.500. The van der Waals surface area contributed by atoms with Gasteiger partial charge in [0.25, 0.3) is 0 Å². The second-order valence-corrected chi connectivity index (χ2v) is 7.39. The first-order valence-corrected chi connectivity index (χ1v) is 8.85. The minimum Gasteiger partial charge on any atom is -0.489 e. The highest BCUT2D eigenvalue weighted by Crippen LogP contribution is 2.36. The molecule has 1 saturated carbocycles. The highest BCUT2D eigenvalue weighted by molar-refractivity contribution is 7.92. The summed E-state index contributed by atoms with van der Waals surface area (Å²) < 4.78 is 30.3. The van der Waals surface area contributed by atoms with E-state index in [1.54, 1.807) is 18.2 Å². The Bertz CT molecular complexity index is 668. The minimum absolute atomic E-state index is 0.0250. The van der Waals surface area contributed by atoms with Crippen LogP contribution in [0.4, 0.5) is 11.4 Å². The largest absolute Gasteiger partial charge is 0.489 e. The summed E-state index contributed by atoms with van der Waals surface area (Å²) >= 11 is 0. The van der Waals surface area contributed by atoms with Gasteiger partial charge in [0.2, 0.25) is 15.9 Å². The smallest absolute Gasteiger partial charge is 0.232 e. The van der Waals surface area contributed by atoms with E-state index in [4.69, 9.17) is 4.74 Å². The predicted molar refractivity (Wildman–Crippen MR) is 80.1 cm³/mol. The SMILES string of the molecule is CS(=O)(=O)N1CCOc2cc(NC(=O)C3CCC3)ccc21. The Morgan fingerprint density at radius 1 is 1.38 bits per heavy atom. The molecule has 6 nitrogen and oxygen atoms in total. The van der Waals surface area contributed by atoms with Gasteiger partial charge in [0.15, 0.2) is 0 Å². The monoisotopic (exact) mass is 310 g/mol. The number of sulfonamides is 1. The van der Waals surface area contributed by atoms with Crippen LogP contribution in [-0.4, -0.2) is 33.7 Å². The Morgan fingerprint density at radius 2 is 2.14 bits per heavy atom. The number of hydrogen-bond donors (Lipinski definition) is 1. The van der Waals surface area contributed by atoms with Crippen LogP contribution >= 0.6 is 0 Å². The fourth-order valence-corrected chi connectivity index (χ4v) is 3.45. The van der Waals surface area contributed by atoms with Crippen LogP contribution in [0.2, 0.25) is 0 Å². The lowest BCUT2D eigenvalue weighted by Crippen LogP contribution is -2.37. The Kier molecular flexibility index (Phi) is 3.52. The van der Waals surface area contributed by atoms with E-state index in [1.807, 2.05) is 0 Å². The Morgan fingerprint density at radius 3 is 2.76 bits per heavy atom. The molecule has 2 aliphatic rings. The molecule has 1 aromatic rings. The summed E-state index contributed by atoms with van der Waals surface area (Å²) in [5, 5.41) is 2.86. The summed E-state index contributed by atoms with van der Waals surface area (Å²) in [5.74, 6) is 0.615. The molecule has 1 amide bonds. The van der Waals surface area contributed by atoms with E-state index in [1.165, 1.54) is 10.6 Å². The molecule has 0 saturated heterocycles. The molecule has 1 aliphatic carbocycles. The van der Waals surface area contributed by atoms with Gasteiger partial charge in [-0.1, -0.05) is 6.42 Å². The van der Waals surface area contributed by atoms with Gasteiger partial charge in [-0.2, -0.15) is 0 Å². The molecule has 0 unspecified atom stereocenters. The second kappa shape index (κ2) is 5.22. The summed E-state index contributed by atoms with van der Waals surface area (Å²) in [5.41, 5.74) is 1.16. The molecule has 0 bridgehead atoms. The molecule has 1 aliphatic heterocycles. The summed E-state index contributed by atoms with van der Waals surface area (Å²) in [6.07, 6.45) is 4.16. The van der Waals surface area contributed by atoms with Crippen LogP contribution < -0.4 is 14.4 Å². The van der Waals surface area contributed by atoms with Gasteiger partial charge in [0.1, 0.15) is 12.4 Å². The lowest BCUT2D eigenvalue weighted by atomic mass is 9.85. The van der Waals surface area contributed by atoms with Gasteiger partial charge < -0.3 is 10.1 Å². The van der Waals surface area contributed by atoms with Crippen molar-refractivity contribution in [2.75, 3.05) is 29.0 Å². The molecule has 1 heterocycles. The zero-order valence-electron chi connectivity index (χ0n) is 11.8. The number of fused-ring (bicyclic) bond motifs is 1. The van der Waals surface area contributed by atoms with Crippen LogP contribution in [0.3, 0.4) is 0 Å². The third kappa shape index (κ3) is 2.83. The lowest BCUT2D eigenvalue weighted by molar-refractivity contribution is -0.122. The Balaban J connectivity index is 1.82. The fourth-order valence-electron chi connectivity index (χ4n) is 2.53. The highest BCUT2D eigenvalue weighted by atomic mass is 32.2. The van der Waals surface area contributed by atoms with Crippen LogP contribution in [0.1, 0.15) is 19.3 Å². The van der Waals surface area contributed by atoms with E-state index < -0.39 is 10.0 Å². The maximum absolute atomic E-state index is 11.9. The first kappa shape index (κ1) is 14.2. The second-order valence-electron chi connectivity index (χ2n) is 5.48. The topological polar surface area (TPSA) is 75.7 Å². The van der Waals surface area contributed by atoms with E-state index in [9.17, 15) is 13.2 Å². The van der Waals surface area contributed by atoms with E-state index in [0.717, 1.165) is 19.3 Å². The molecule has 1 aromatic carbocycles. The average molecular weight is 310 g/mol. The number of carbonyl (C=O) groups is 1. The Hall–Kier alpha value is -1.76. The lowest BCUT2D eigenvalue weighted by Gasteiger charge is -2.30. The highest BCUT2D eigenvalue weighted by Gasteiger charge is 2.27. The van der Waals surface area contributed by atoms with Gasteiger partial charge in [0.05, 0.1) is 18.5 Å². The molecule has 0 radical (unpaired) electrons. The predicted octanol–water partition coefficient (Wildman–Crippen LogP) is 1.58. The van der Waals surface area contributed by atoms with Crippen molar-refractivity contribution >= 4 is 27.3 Å². The van der Waals surface area contributed by atoms with Crippen molar-refractivity contribution in [3.05, 3.63) is 18.2 Å². The van der Waals surface area contributed by atoms with Crippen LogP contribution in [0.5, 0.6) is 5.75 Å². The zero-order chi connectivity index (χ0) is 15.0. The van der Waals surface area contributed by atoms with Gasteiger partial charge in [-0.25, -0.2) is 8.42 Å². The minimum atomic E-state index is -3.32. The van der Waals surface area contributed by atoms with Gasteiger partial charge >= 0.3 is 0 Å². The molecule has 1 fully saturated rings. The number of hydrogen-bond acceptors (Lipinski definition) is 4. The van der Waals surface area contributed by atoms with Gasteiger partial charge in [0, 0.05) is 17.7 Å². The van der Waals surface area contributed by atoms with Crippen LogP contribution in [-0.2, 0) is 14.8 Å². The number of rotatable bonds is 3. The van der Waals surface area contributed by atoms with Crippen molar-refractivity contribution in [2.45, 2.75) is 19.3 Å².